The lowest BCUT2D eigenvalue weighted by Gasteiger charge is -2.48. The van der Waals surface area contributed by atoms with Crippen LogP contribution >= 0.6 is 11.3 Å². The van der Waals surface area contributed by atoms with E-state index >= 15 is 0 Å². The van der Waals surface area contributed by atoms with Crippen LogP contribution in [0.2, 0.25) is 0 Å². The average molecular weight is 408 g/mol. The summed E-state index contributed by atoms with van der Waals surface area (Å²) in [5, 5.41) is 10.4. The molecule has 3 aliphatic rings. The second-order valence-electron chi connectivity index (χ2n) is 7.12. The number of nitrogens with zero attached hydrogens (tertiary/aromatic N) is 2. The third-order valence-corrected chi connectivity index (χ3v) is 5.70. The molecule has 10 heteroatoms. The van der Waals surface area contributed by atoms with Gasteiger partial charge in [-0.2, -0.15) is 13.2 Å². The molecule has 0 aromatic carbocycles. The number of hydrogen-bond donors (Lipinski definition) is 1. The van der Waals surface area contributed by atoms with Crippen molar-refractivity contribution in [3.05, 3.63) is 16.6 Å². The van der Waals surface area contributed by atoms with E-state index in [-0.39, 0.29) is 0 Å². The standard InChI is InChI=1S/C15H22N2O2S.C2HF3O2/c1-2-11(1)8-19-14-5-12-9-18-10-13(6-14)17(12)7-15-16-3-4-20-15;3-2(4,5)1(6)7/h3-4,11-14H,1-2,5-10H2;(H,6,7). The molecule has 2 aliphatic heterocycles. The summed E-state index contributed by atoms with van der Waals surface area (Å²) in [5.41, 5.74) is 0. The summed E-state index contributed by atoms with van der Waals surface area (Å²) in [5.74, 6) is -1.90. The first-order valence-corrected chi connectivity index (χ1v) is 9.84. The van der Waals surface area contributed by atoms with Crippen molar-refractivity contribution in [2.24, 2.45) is 5.92 Å². The van der Waals surface area contributed by atoms with E-state index < -0.39 is 12.1 Å². The van der Waals surface area contributed by atoms with Crippen molar-refractivity contribution in [2.45, 2.75) is 56.6 Å². The van der Waals surface area contributed by atoms with Gasteiger partial charge in [0, 0.05) is 30.3 Å². The number of thiazole rings is 1. The number of fused-ring (bicyclic) bond motifs is 2. The number of aromatic nitrogens is 1. The van der Waals surface area contributed by atoms with Gasteiger partial charge >= 0.3 is 12.1 Å². The van der Waals surface area contributed by atoms with Gasteiger partial charge in [0.1, 0.15) is 5.01 Å². The van der Waals surface area contributed by atoms with E-state index in [4.69, 9.17) is 19.4 Å². The number of piperidine rings is 1. The fourth-order valence-corrected chi connectivity index (χ4v) is 4.00. The van der Waals surface area contributed by atoms with E-state index in [0.29, 0.717) is 18.2 Å². The quantitative estimate of drug-likeness (QED) is 0.808. The Hall–Kier alpha value is -1.23. The normalized spacial score (nSPS) is 28.3. The zero-order valence-electron chi connectivity index (χ0n) is 14.7. The van der Waals surface area contributed by atoms with Gasteiger partial charge in [-0.1, -0.05) is 0 Å². The Morgan fingerprint density at radius 2 is 1.96 bits per heavy atom. The zero-order chi connectivity index (χ0) is 19.4. The van der Waals surface area contributed by atoms with Crippen molar-refractivity contribution in [3.63, 3.8) is 0 Å². The summed E-state index contributed by atoms with van der Waals surface area (Å²) in [7, 11) is 0. The molecule has 2 unspecified atom stereocenters. The summed E-state index contributed by atoms with van der Waals surface area (Å²) in [6.45, 7) is 3.67. The molecule has 2 bridgehead atoms. The van der Waals surface area contributed by atoms with E-state index in [9.17, 15) is 13.2 Å². The predicted molar refractivity (Wildman–Crippen MR) is 91.4 cm³/mol. The number of hydrogen-bond acceptors (Lipinski definition) is 6. The van der Waals surface area contributed by atoms with Crippen LogP contribution in [0.1, 0.15) is 30.7 Å². The Morgan fingerprint density at radius 1 is 1.33 bits per heavy atom. The van der Waals surface area contributed by atoms with Gasteiger partial charge in [-0.3, -0.25) is 4.90 Å². The van der Waals surface area contributed by atoms with Crippen molar-refractivity contribution >= 4 is 17.3 Å². The van der Waals surface area contributed by atoms with Crippen LogP contribution in [0.3, 0.4) is 0 Å². The molecule has 1 aromatic rings. The largest absolute Gasteiger partial charge is 0.490 e. The summed E-state index contributed by atoms with van der Waals surface area (Å²) >= 11 is 1.75. The highest BCUT2D eigenvalue weighted by Crippen LogP contribution is 2.34. The summed E-state index contributed by atoms with van der Waals surface area (Å²) < 4.78 is 43.6. The number of rotatable bonds is 5. The lowest BCUT2D eigenvalue weighted by atomic mass is 9.92. The predicted octanol–water partition coefficient (Wildman–Crippen LogP) is 2.93. The Bertz CT molecular complexity index is 596. The minimum Gasteiger partial charge on any atom is -0.475 e. The number of alkyl halides is 3. The summed E-state index contributed by atoms with van der Waals surface area (Å²) in [6.07, 6.45) is 2.25. The maximum Gasteiger partial charge on any atom is 0.490 e. The molecule has 0 radical (unpaired) electrons. The van der Waals surface area contributed by atoms with Gasteiger partial charge in [0.05, 0.1) is 25.9 Å². The van der Waals surface area contributed by atoms with Crippen molar-refractivity contribution in [3.8, 4) is 0 Å². The number of carbonyl (C=O) groups is 1. The molecule has 3 heterocycles. The molecule has 2 atom stereocenters. The molecule has 152 valence electrons. The van der Waals surface area contributed by atoms with Crippen LogP contribution in [-0.2, 0) is 20.8 Å². The second kappa shape index (κ2) is 8.85. The molecule has 2 saturated heterocycles. The first kappa shape index (κ1) is 20.5. The summed E-state index contributed by atoms with van der Waals surface area (Å²) in [6, 6.07) is 1.02. The molecule has 1 aliphatic carbocycles. The van der Waals surface area contributed by atoms with Gasteiger partial charge in [-0.15, -0.1) is 11.3 Å². The Balaban J connectivity index is 0.000000260. The smallest absolute Gasteiger partial charge is 0.475 e. The molecular formula is C17H23F3N2O4S. The van der Waals surface area contributed by atoms with Gasteiger partial charge in [-0.25, -0.2) is 9.78 Å². The fraction of sp³-hybridized carbons (Fsp3) is 0.765. The summed E-state index contributed by atoms with van der Waals surface area (Å²) in [4.78, 5) is 15.9. The van der Waals surface area contributed by atoms with Crippen molar-refractivity contribution in [1.29, 1.82) is 0 Å². The molecule has 27 heavy (non-hydrogen) atoms. The number of aliphatic carboxylic acids is 1. The highest BCUT2D eigenvalue weighted by molar-refractivity contribution is 7.09. The Kier molecular flexibility index (Phi) is 6.72. The van der Waals surface area contributed by atoms with Crippen molar-refractivity contribution < 1.29 is 32.5 Å². The van der Waals surface area contributed by atoms with E-state index in [1.807, 2.05) is 6.20 Å². The molecule has 0 spiro atoms. The van der Waals surface area contributed by atoms with Gasteiger partial charge in [0.25, 0.3) is 0 Å². The molecule has 3 fully saturated rings. The molecule has 6 nitrogen and oxygen atoms in total. The Labute approximate surface area is 159 Å². The van der Waals surface area contributed by atoms with Crippen molar-refractivity contribution in [1.82, 2.24) is 9.88 Å². The van der Waals surface area contributed by atoms with Crippen LogP contribution in [0.15, 0.2) is 11.6 Å². The highest BCUT2D eigenvalue weighted by Gasteiger charge is 2.40. The molecule has 1 N–H and O–H groups in total. The van der Waals surface area contributed by atoms with E-state index in [2.05, 4.69) is 15.3 Å². The van der Waals surface area contributed by atoms with Gasteiger partial charge in [0.2, 0.25) is 0 Å². The van der Waals surface area contributed by atoms with Gasteiger partial charge in [-0.05, 0) is 31.6 Å². The van der Waals surface area contributed by atoms with Crippen LogP contribution in [0.4, 0.5) is 13.2 Å². The number of carboxylic acid groups (broad SMARTS) is 1. The molecule has 1 aromatic heterocycles. The minimum absolute atomic E-state index is 0.446. The van der Waals surface area contributed by atoms with Crippen LogP contribution < -0.4 is 0 Å². The van der Waals surface area contributed by atoms with Crippen LogP contribution in [0.5, 0.6) is 0 Å². The van der Waals surface area contributed by atoms with Gasteiger partial charge < -0.3 is 14.6 Å². The zero-order valence-corrected chi connectivity index (χ0v) is 15.5. The maximum absolute atomic E-state index is 10.6. The second-order valence-corrected chi connectivity index (χ2v) is 8.10. The minimum atomic E-state index is -5.08. The molecular weight excluding hydrogens is 385 g/mol. The maximum atomic E-state index is 10.6. The SMILES string of the molecule is O=C(O)C(F)(F)F.c1csc(CN2C3COCC2CC(OCC2CC2)C3)n1. The molecule has 0 amide bonds. The molecule has 4 rings (SSSR count). The number of ether oxygens (including phenoxy) is 2. The highest BCUT2D eigenvalue weighted by atomic mass is 32.1. The number of halogens is 3. The Morgan fingerprint density at radius 3 is 2.44 bits per heavy atom. The monoisotopic (exact) mass is 408 g/mol. The lowest BCUT2D eigenvalue weighted by molar-refractivity contribution is -0.192. The van der Waals surface area contributed by atoms with E-state index in [0.717, 1.165) is 45.1 Å². The fourth-order valence-electron chi connectivity index (χ4n) is 3.38. The van der Waals surface area contributed by atoms with Crippen LogP contribution in [-0.4, -0.2) is 65.1 Å². The number of morpholine rings is 1. The topological polar surface area (TPSA) is 71.9 Å². The first-order valence-electron chi connectivity index (χ1n) is 8.96. The first-order chi connectivity index (χ1) is 12.8. The molecule has 1 saturated carbocycles. The van der Waals surface area contributed by atoms with Crippen LogP contribution in [0.25, 0.3) is 0 Å². The average Bonchev–Trinajstić information content (AvgIpc) is 3.28. The van der Waals surface area contributed by atoms with Crippen LogP contribution in [0, 0.1) is 5.92 Å². The van der Waals surface area contributed by atoms with E-state index in [1.54, 1.807) is 11.3 Å². The number of carboxylic acids is 1. The third-order valence-electron chi connectivity index (χ3n) is 4.94. The van der Waals surface area contributed by atoms with Crippen molar-refractivity contribution in [2.75, 3.05) is 19.8 Å². The van der Waals surface area contributed by atoms with E-state index in [1.165, 1.54) is 17.8 Å². The van der Waals surface area contributed by atoms with Gasteiger partial charge in [0.15, 0.2) is 0 Å². The lowest BCUT2D eigenvalue weighted by Crippen LogP contribution is -2.57. The third kappa shape index (κ3) is 6.13.